The Labute approximate surface area is 264 Å². The first kappa shape index (κ1) is 30.3. The second-order valence-corrected chi connectivity index (χ2v) is 11.7. The maximum Gasteiger partial charge on any atom is 0.322 e. The highest BCUT2D eigenvalue weighted by Gasteiger charge is 2.30. The van der Waals surface area contributed by atoms with Gasteiger partial charge in [0.25, 0.3) is 0 Å². The zero-order valence-corrected chi connectivity index (χ0v) is 25.5. The minimum absolute atomic E-state index is 0.0709. The first-order valence-corrected chi connectivity index (χ1v) is 15.8. The summed E-state index contributed by atoms with van der Waals surface area (Å²) in [5, 5.41) is 20.3. The maximum atomic E-state index is 13.7. The summed E-state index contributed by atoms with van der Waals surface area (Å²) < 4.78 is 7.46. The van der Waals surface area contributed by atoms with E-state index in [0.29, 0.717) is 12.1 Å². The van der Waals surface area contributed by atoms with Crippen LogP contribution in [-0.4, -0.2) is 70.6 Å². The minimum Gasteiger partial charge on any atom is -0.379 e. The Morgan fingerprint density at radius 1 is 0.933 bits per heavy atom. The van der Waals surface area contributed by atoms with Crippen LogP contribution in [0.2, 0.25) is 0 Å². The van der Waals surface area contributed by atoms with Gasteiger partial charge >= 0.3 is 6.03 Å². The van der Waals surface area contributed by atoms with Gasteiger partial charge in [-0.25, -0.2) is 9.78 Å². The van der Waals surface area contributed by atoms with E-state index in [4.69, 9.17) is 10.00 Å². The van der Waals surface area contributed by atoms with Crippen molar-refractivity contribution in [3.05, 3.63) is 96.4 Å². The van der Waals surface area contributed by atoms with E-state index < -0.39 is 0 Å². The van der Waals surface area contributed by atoms with Gasteiger partial charge in [-0.05, 0) is 61.1 Å². The third kappa shape index (κ3) is 8.06. The number of carbonyl (C=O) groups is 1. The van der Waals surface area contributed by atoms with Crippen molar-refractivity contribution < 1.29 is 9.53 Å². The van der Waals surface area contributed by atoms with E-state index in [1.165, 1.54) is 0 Å². The fourth-order valence-corrected chi connectivity index (χ4v) is 6.10. The van der Waals surface area contributed by atoms with Gasteiger partial charge in [0.1, 0.15) is 11.9 Å². The van der Waals surface area contributed by atoms with Crippen LogP contribution in [0.15, 0.2) is 85.3 Å². The van der Waals surface area contributed by atoms with E-state index in [1.807, 2.05) is 64.3 Å². The molecule has 3 heterocycles. The molecule has 0 atom stereocenters. The summed E-state index contributed by atoms with van der Waals surface area (Å²) in [7, 11) is 0. The van der Waals surface area contributed by atoms with Gasteiger partial charge in [-0.1, -0.05) is 42.5 Å². The Hall–Kier alpha value is -4.72. The van der Waals surface area contributed by atoms with E-state index in [-0.39, 0.29) is 18.1 Å². The summed E-state index contributed by atoms with van der Waals surface area (Å²) in [6.45, 7) is 5.80. The highest BCUT2D eigenvalue weighted by atomic mass is 16.5. The number of pyridine rings is 1. The molecule has 0 radical (unpaired) electrons. The van der Waals surface area contributed by atoms with Crippen molar-refractivity contribution in [2.75, 3.05) is 43.1 Å². The molecule has 2 aliphatic rings. The van der Waals surface area contributed by atoms with Crippen molar-refractivity contribution in [1.29, 1.82) is 5.26 Å². The fourth-order valence-electron chi connectivity index (χ4n) is 6.10. The zero-order valence-electron chi connectivity index (χ0n) is 25.5. The molecular formula is C35H40N8O2. The van der Waals surface area contributed by atoms with E-state index in [9.17, 15) is 4.79 Å². The number of amides is 2. The summed E-state index contributed by atoms with van der Waals surface area (Å²) in [4.78, 5) is 22.5. The number of nitrogens with one attached hydrogen (secondary N) is 2. The number of hydrogen-bond donors (Lipinski definition) is 2. The average Bonchev–Trinajstić information content (AvgIpc) is 3.58. The van der Waals surface area contributed by atoms with Gasteiger partial charge in [-0.15, -0.1) is 0 Å². The van der Waals surface area contributed by atoms with Gasteiger partial charge < -0.3 is 15.4 Å². The largest absolute Gasteiger partial charge is 0.379 e. The third-order valence-electron chi connectivity index (χ3n) is 8.67. The molecule has 2 fully saturated rings. The topological polar surface area (TPSA) is 111 Å². The summed E-state index contributed by atoms with van der Waals surface area (Å²) in [6, 6.07) is 24.2. The Morgan fingerprint density at radius 3 is 2.42 bits per heavy atom. The van der Waals surface area contributed by atoms with Gasteiger partial charge in [0.2, 0.25) is 0 Å². The van der Waals surface area contributed by atoms with Crippen molar-refractivity contribution in [1.82, 2.24) is 25.0 Å². The normalized spacial score (nSPS) is 18.6. The summed E-state index contributed by atoms with van der Waals surface area (Å²) in [6.07, 6.45) is 9.15. The molecule has 45 heavy (non-hydrogen) atoms. The number of benzene rings is 2. The van der Waals surface area contributed by atoms with Crippen LogP contribution in [0.4, 0.5) is 16.3 Å². The molecule has 4 aromatic rings. The molecule has 1 aliphatic carbocycles. The van der Waals surface area contributed by atoms with Crippen molar-refractivity contribution in [2.45, 2.75) is 50.9 Å². The molecule has 0 bridgehead atoms. The van der Waals surface area contributed by atoms with Gasteiger partial charge in [-0.2, -0.15) is 10.4 Å². The van der Waals surface area contributed by atoms with Gasteiger partial charge in [0.15, 0.2) is 0 Å². The molecule has 0 unspecified atom stereocenters. The first-order valence-electron chi connectivity index (χ1n) is 15.8. The molecule has 6 rings (SSSR count). The fraction of sp³-hybridized carbons (Fsp3) is 0.371. The zero-order chi connectivity index (χ0) is 30.8. The predicted octanol–water partition coefficient (Wildman–Crippen LogP) is 5.29. The summed E-state index contributed by atoms with van der Waals surface area (Å²) >= 11 is 0. The quantitative estimate of drug-likeness (QED) is 0.253. The van der Waals surface area contributed by atoms with Crippen LogP contribution in [0.25, 0.3) is 11.1 Å². The summed E-state index contributed by atoms with van der Waals surface area (Å²) in [5.74, 6) is 0.773. The molecule has 2 aromatic heterocycles. The van der Waals surface area contributed by atoms with Crippen molar-refractivity contribution in [3.8, 4) is 17.2 Å². The summed E-state index contributed by atoms with van der Waals surface area (Å²) in [5.41, 5.74) is 4.63. The predicted molar refractivity (Wildman–Crippen MR) is 175 cm³/mol. The molecule has 2 aromatic carbocycles. The lowest BCUT2D eigenvalue weighted by Crippen LogP contribution is -2.48. The van der Waals surface area contributed by atoms with Crippen LogP contribution in [0.1, 0.15) is 36.8 Å². The van der Waals surface area contributed by atoms with Crippen LogP contribution in [0.3, 0.4) is 0 Å². The van der Waals surface area contributed by atoms with E-state index in [1.54, 1.807) is 12.3 Å². The number of nitriles is 1. The van der Waals surface area contributed by atoms with Crippen molar-refractivity contribution in [2.24, 2.45) is 0 Å². The molecular weight excluding hydrogens is 564 g/mol. The smallest absolute Gasteiger partial charge is 0.322 e. The SMILES string of the molecule is N#Cc1ccc(NC2CCC(N(C(=O)NCc3ccccc3)c3ccc(-c4cnn(CCN5CCOCC5)c4)cc3)CC2)nc1. The van der Waals surface area contributed by atoms with Crippen molar-refractivity contribution >= 4 is 17.5 Å². The molecule has 1 saturated carbocycles. The second kappa shape index (κ2) is 14.8. The van der Waals surface area contributed by atoms with Crippen LogP contribution in [-0.2, 0) is 17.8 Å². The average molecular weight is 605 g/mol. The Bertz CT molecular complexity index is 1550. The first-order chi connectivity index (χ1) is 22.1. The van der Waals surface area contributed by atoms with Crippen molar-refractivity contribution in [3.63, 3.8) is 0 Å². The lowest BCUT2D eigenvalue weighted by molar-refractivity contribution is 0.0360. The van der Waals surface area contributed by atoms with Gasteiger partial charge in [0.05, 0.1) is 31.5 Å². The third-order valence-corrected chi connectivity index (χ3v) is 8.67. The lowest BCUT2D eigenvalue weighted by Gasteiger charge is -2.37. The molecule has 2 amide bonds. The Kier molecular flexibility index (Phi) is 10.00. The van der Waals surface area contributed by atoms with E-state index in [2.05, 4.69) is 50.0 Å². The number of morpholine rings is 1. The maximum absolute atomic E-state index is 13.7. The highest BCUT2D eigenvalue weighted by molar-refractivity contribution is 5.93. The Morgan fingerprint density at radius 2 is 1.71 bits per heavy atom. The number of carbonyl (C=O) groups excluding carboxylic acids is 1. The number of aromatic nitrogens is 3. The molecule has 10 nitrogen and oxygen atoms in total. The highest BCUT2D eigenvalue weighted by Crippen LogP contribution is 2.31. The van der Waals surface area contributed by atoms with Crippen LogP contribution >= 0.6 is 0 Å². The van der Waals surface area contributed by atoms with E-state index in [0.717, 1.165) is 93.3 Å². The molecule has 0 spiro atoms. The number of nitrogens with zero attached hydrogens (tertiary/aromatic N) is 6. The molecule has 232 valence electrons. The number of ether oxygens (including phenoxy) is 1. The molecule has 1 aliphatic heterocycles. The molecule has 10 heteroatoms. The van der Waals surface area contributed by atoms with Crippen LogP contribution in [0.5, 0.6) is 0 Å². The molecule has 2 N–H and O–H groups in total. The minimum atomic E-state index is -0.0901. The second-order valence-electron chi connectivity index (χ2n) is 11.7. The number of rotatable bonds is 10. The van der Waals surface area contributed by atoms with Crippen LogP contribution in [0, 0.1) is 11.3 Å². The lowest BCUT2D eigenvalue weighted by atomic mass is 9.89. The number of hydrogen-bond acceptors (Lipinski definition) is 7. The number of anilines is 2. The monoisotopic (exact) mass is 604 g/mol. The Balaban J connectivity index is 1.12. The standard InChI is InChI=1S/C35H40N8O2/c36-22-28-6-15-34(37-24-28)40-31-9-13-33(14-10-31)43(35(44)38-23-27-4-2-1-3-5-27)32-11-7-29(8-12-32)30-25-39-42(26-30)17-16-41-18-20-45-21-19-41/h1-8,11-12,15,24-26,31,33H,9-10,13-14,16-21,23H2,(H,37,40)(H,38,44). The van der Waals surface area contributed by atoms with E-state index >= 15 is 0 Å². The number of urea groups is 1. The molecule has 1 saturated heterocycles. The van der Waals surface area contributed by atoms with Gasteiger partial charge in [-0.3, -0.25) is 14.5 Å². The van der Waals surface area contributed by atoms with Crippen LogP contribution < -0.4 is 15.5 Å². The van der Waals surface area contributed by atoms with Gasteiger partial charge in [0, 0.05) is 61.9 Å².